The molecular weight excluding hydrogens is 462 g/mol. The van der Waals surface area contributed by atoms with Crippen molar-refractivity contribution in [1.29, 1.82) is 0 Å². The Bertz CT molecular complexity index is 1290. The van der Waals surface area contributed by atoms with Crippen molar-refractivity contribution in [2.75, 3.05) is 11.1 Å². The second-order valence-corrected chi connectivity index (χ2v) is 9.12. The average Bonchev–Trinajstić information content (AvgIpc) is 3.16. The number of thioether (sulfide) groups is 1. The fourth-order valence-corrected chi connectivity index (χ4v) is 4.04. The van der Waals surface area contributed by atoms with Crippen LogP contribution >= 0.6 is 35.6 Å². The number of carbonyl (C=O) groups is 1. The molecule has 0 bridgehead atoms. The molecule has 0 aliphatic rings. The molecule has 4 aromatic rings. The van der Waals surface area contributed by atoms with E-state index in [4.69, 9.17) is 23.8 Å². The van der Waals surface area contributed by atoms with Crippen LogP contribution in [-0.2, 0) is 4.79 Å². The zero-order chi connectivity index (χ0) is 22.7. The highest BCUT2D eigenvalue weighted by atomic mass is 35.5. The highest BCUT2D eigenvalue weighted by Gasteiger charge is 2.11. The Hall–Kier alpha value is -2.94. The summed E-state index contributed by atoms with van der Waals surface area (Å²) in [6, 6.07) is 19.2. The third-order valence-electron chi connectivity index (χ3n) is 4.68. The molecule has 0 aliphatic carbocycles. The van der Waals surface area contributed by atoms with Crippen LogP contribution in [0.15, 0.2) is 65.6 Å². The zero-order valence-corrected chi connectivity index (χ0v) is 19.8. The highest BCUT2D eigenvalue weighted by Crippen LogP contribution is 2.23. The molecule has 9 heteroatoms. The molecule has 0 fully saturated rings. The molecule has 0 saturated carbocycles. The number of rotatable bonds is 5. The lowest BCUT2D eigenvalue weighted by atomic mass is 10.2. The summed E-state index contributed by atoms with van der Waals surface area (Å²) in [5.41, 5.74) is 5.29. The summed E-state index contributed by atoms with van der Waals surface area (Å²) in [5, 5.41) is 15.8. The first kappa shape index (κ1) is 22.3. The number of halogens is 1. The molecule has 4 rings (SSSR count). The van der Waals surface area contributed by atoms with E-state index in [2.05, 4.69) is 20.8 Å². The van der Waals surface area contributed by atoms with Gasteiger partial charge in [0.15, 0.2) is 5.11 Å². The van der Waals surface area contributed by atoms with Crippen molar-refractivity contribution in [3.63, 3.8) is 0 Å². The van der Waals surface area contributed by atoms with Crippen LogP contribution in [0.3, 0.4) is 0 Å². The predicted molar refractivity (Wildman–Crippen MR) is 135 cm³/mol. The molecule has 0 spiro atoms. The standard InChI is InChI=1S/C23H20ClN5OS2/c1-14-3-7-17(8-4-14)29-27-20-11-15(2)19(12-21(20)28-29)25-23(31)26-22(30)13-32-18-9-5-16(24)6-10-18/h3-12H,13H2,1-2H3,(H2,25,26,30,31). The number of hydrogen-bond acceptors (Lipinski definition) is 5. The number of benzene rings is 3. The summed E-state index contributed by atoms with van der Waals surface area (Å²) in [4.78, 5) is 14.8. The van der Waals surface area contributed by atoms with Crippen molar-refractivity contribution < 1.29 is 4.79 Å². The van der Waals surface area contributed by atoms with Crippen molar-refractivity contribution in [3.8, 4) is 5.69 Å². The molecule has 6 nitrogen and oxygen atoms in total. The quantitative estimate of drug-likeness (QED) is 0.298. The average molecular weight is 482 g/mol. The molecule has 0 atom stereocenters. The normalized spacial score (nSPS) is 10.8. The van der Waals surface area contributed by atoms with Crippen molar-refractivity contribution in [2.45, 2.75) is 18.7 Å². The van der Waals surface area contributed by atoms with Crippen LogP contribution in [-0.4, -0.2) is 31.8 Å². The van der Waals surface area contributed by atoms with Gasteiger partial charge in [-0.25, -0.2) is 0 Å². The smallest absolute Gasteiger partial charge is 0.236 e. The van der Waals surface area contributed by atoms with Gasteiger partial charge in [0.1, 0.15) is 11.0 Å². The molecule has 1 heterocycles. The number of nitrogens with one attached hydrogen (secondary N) is 2. The first-order valence-electron chi connectivity index (χ1n) is 9.81. The Balaban J connectivity index is 1.40. The number of anilines is 1. The lowest BCUT2D eigenvalue weighted by Gasteiger charge is -2.11. The minimum Gasteiger partial charge on any atom is -0.332 e. The van der Waals surface area contributed by atoms with Gasteiger partial charge in [0, 0.05) is 15.6 Å². The van der Waals surface area contributed by atoms with Crippen molar-refractivity contribution in [2.24, 2.45) is 0 Å². The molecule has 0 saturated heterocycles. The molecule has 3 aromatic carbocycles. The monoisotopic (exact) mass is 481 g/mol. The maximum Gasteiger partial charge on any atom is 0.236 e. The first-order valence-corrected chi connectivity index (χ1v) is 11.6. The third kappa shape index (κ3) is 5.45. The molecule has 2 N–H and O–H groups in total. The molecule has 0 aliphatic heterocycles. The third-order valence-corrected chi connectivity index (χ3v) is 6.14. The van der Waals surface area contributed by atoms with E-state index >= 15 is 0 Å². The Morgan fingerprint density at radius 2 is 1.69 bits per heavy atom. The summed E-state index contributed by atoms with van der Waals surface area (Å²) >= 11 is 12.6. The van der Waals surface area contributed by atoms with Crippen LogP contribution in [0.4, 0.5) is 5.69 Å². The number of thiocarbonyl (C=S) groups is 1. The number of carbonyl (C=O) groups excluding carboxylic acids is 1. The Morgan fingerprint density at radius 3 is 2.38 bits per heavy atom. The molecule has 1 amide bonds. The fourth-order valence-electron chi connectivity index (χ4n) is 2.99. The second kappa shape index (κ2) is 9.68. The summed E-state index contributed by atoms with van der Waals surface area (Å²) < 4.78 is 0. The van der Waals surface area contributed by atoms with E-state index in [0.29, 0.717) is 5.02 Å². The van der Waals surface area contributed by atoms with Gasteiger partial charge in [0.05, 0.1) is 11.4 Å². The van der Waals surface area contributed by atoms with Gasteiger partial charge in [-0.2, -0.15) is 4.80 Å². The van der Waals surface area contributed by atoms with E-state index in [1.807, 2.05) is 62.4 Å². The summed E-state index contributed by atoms with van der Waals surface area (Å²) in [7, 11) is 0. The van der Waals surface area contributed by atoms with Crippen LogP contribution in [0.1, 0.15) is 11.1 Å². The van der Waals surface area contributed by atoms with E-state index in [1.54, 1.807) is 16.9 Å². The Labute approximate surface area is 200 Å². The van der Waals surface area contributed by atoms with Gasteiger partial charge in [-0.15, -0.1) is 22.0 Å². The van der Waals surface area contributed by atoms with Crippen molar-refractivity contribution in [1.82, 2.24) is 20.3 Å². The van der Waals surface area contributed by atoms with Crippen LogP contribution in [0.5, 0.6) is 0 Å². The number of aromatic nitrogens is 3. The largest absolute Gasteiger partial charge is 0.332 e. The molecule has 162 valence electrons. The van der Waals surface area contributed by atoms with Gasteiger partial charge in [-0.05, 0) is 80.2 Å². The first-order chi connectivity index (χ1) is 15.4. The van der Waals surface area contributed by atoms with E-state index in [0.717, 1.165) is 32.9 Å². The minimum atomic E-state index is -0.188. The molecule has 0 radical (unpaired) electrons. The Kier molecular flexibility index (Phi) is 6.74. The number of amides is 1. The van der Waals surface area contributed by atoms with Gasteiger partial charge in [-0.1, -0.05) is 29.3 Å². The zero-order valence-electron chi connectivity index (χ0n) is 17.4. The number of fused-ring (bicyclic) bond motifs is 1. The molecule has 1 aromatic heterocycles. The maximum absolute atomic E-state index is 12.3. The molecular formula is C23H20ClN5OS2. The second-order valence-electron chi connectivity index (χ2n) is 7.23. The van der Waals surface area contributed by atoms with Crippen LogP contribution in [0, 0.1) is 13.8 Å². The Morgan fingerprint density at radius 1 is 1.03 bits per heavy atom. The van der Waals surface area contributed by atoms with Gasteiger partial charge in [-0.3, -0.25) is 4.79 Å². The fraction of sp³-hybridized carbons (Fsp3) is 0.130. The van der Waals surface area contributed by atoms with Gasteiger partial charge in [0.25, 0.3) is 0 Å². The van der Waals surface area contributed by atoms with Crippen molar-refractivity contribution in [3.05, 3.63) is 76.8 Å². The number of hydrogen-bond donors (Lipinski definition) is 2. The molecule has 0 unspecified atom stereocenters. The van der Waals surface area contributed by atoms with Gasteiger partial charge in [0.2, 0.25) is 5.91 Å². The van der Waals surface area contributed by atoms with Crippen LogP contribution in [0.25, 0.3) is 16.7 Å². The lowest BCUT2D eigenvalue weighted by molar-refractivity contribution is -0.117. The van der Waals surface area contributed by atoms with E-state index in [1.165, 1.54) is 17.3 Å². The lowest BCUT2D eigenvalue weighted by Crippen LogP contribution is -2.35. The number of nitrogens with zero attached hydrogens (tertiary/aromatic N) is 3. The van der Waals surface area contributed by atoms with Gasteiger partial charge >= 0.3 is 0 Å². The maximum atomic E-state index is 12.3. The van der Waals surface area contributed by atoms with E-state index in [9.17, 15) is 4.79 Å². The van der Waals surface area contributed by atoms with Crippen LogP contribution in [0.2, 0.25) is 5.02 Å². The van der Waals surface area contributed by atoms with E-state index < -0.39 is 0 Å². The SMILES string of the molecule is Cc1ccc(-n2nc3cc(C)c(NC(=S)NC(=O)CSc4ccc(Cl)cc4)cc3n2)cc1. The van der Waals surface area contributed by atoms with Gasteiger partial charge < -0.3 is 10.6 Å². The topological polar surface area (TPSA) is 71.8 Å². The van der Waals surface area contributed by atoms with E-state index in [-0.39, 0.29) is 16.8 Å². The van der Waals surface area contributed by atoms with Crippen LogP contribution < -0.4 is 10.6 Å². The summed E-state index contributed by atoms with van der Waals surface area (Å²) in [6.45, 7) is 3.99. The highest BCUT2D eigenvalue weighted by molar-refractivity contribution is 8.00. The van der Waals surface area contributed by atoms with Crippen molar-refractivity contribution >= 4 is 63.3 Å². The summed E-state index contributed by atoms with van der Waals surface area (Å²) in [6.07, 6.45) is 0. The predicted octanol–water partition coefficient (Wildman–Crippen LogP) is 5.30. The summed E-state index contributed by atoms with van der Waals surface area (Å²) in [5.74, 6) is 0.0540. The number of aryl methyl sites for hydroxylation is 2. The minimum absolute atomic E-state index is 0.188. The molecule has 32 heavy (non-hydrogen) atoms.